The van der Waals surface area contributed by atoms with E-state index < -0.39 is 21.6 Å². The molecule has 0 saturated heterocycles. The number of rotatable bonds is 8. The minimum Gasteiger partial charge on any atom is -0.491 e. The molecule has 0 spiro atoms. The van der Waals surface area contributed by atoms with Crippen LogP contribution >= 0.6 is 0 Å². The van der Waals surface area contributed by atoms with E-state index >= 15 is 0 Å². The van der Waals surface area contributed by atoms with Crippen LogP contribution in [0, 0.1) is 5.82 Å². The fourth-order valence-electron chi connectivity index (χ4n) is 3.17. The van der Waals surface area contributed by atoms with Gasteiger partial charge in [0.25, 0.3) is 5.91 Å². The van der Waals surface area contributed by atoms with Gasteiger partial charge in [0.1, 0.15) is 0 Å². The number of aromatic nitrogens is 1. The number of ether oxygens (including phenoxy) is 1. The van der Waals surface area contributed by atoms with E-state index in [0.29, 0.717) is 24.2 Å². The average molecular weight is 469 g/mol. The molecule has 0 atom stereocenters. The Morgan fingerprint density at radius 3 is 2.55 bits per heavy atom. The van der Waals surface area contributed by atoms with Crippen LogP contribution in [-0.4, -0.2) is 25.9 Å². The van der Waals surface area contributed by atoms with E-state index in [0.717, 1.165) is 11.5 Å². The summed E-state index contributed by atoms with van der Waals surface area (Å²) in [7, 11) is -3.91. The molecule has 2 heterocycles. The molecule has 2 aromatic carbocycles. The first-order valence-corrected chi connectivity index (χ1v) is 11.7. The van der Waals surface area contributed by atoms with Gasteiger partial charge in [-0.25, -0.2) is 12.8 Å². The van der Waals surface area contributed by atoms with Crippen molar-refractivity contribution < 1.29 is 26.8 Å². The summed E-state index contributed by atoms with van der Waals surface area (Å²) < 4.78 is 50.7. The molecule has 0 unspecified atom stereocenters. The SMILES string of the molecule is CCCOc1ccc(S(=O)(=O)c2ccc(CNC(=O)c3cc4ccncc4o3)cc2)cc1F. The van der Waals surface area contributed by atoms with Gasteiger partial charge in [-0.15, -0.1) is 0 Å². The van der Waals surface area contributed by atoms with Gasteiger partial charge in [0.2, 0.25) is 9.84 Å². The smallest absolute Gasteiger partial charge is 0.287 e. The molecule has 1 N–H and O–H groups in total. The van der Waals surface area contributed by atoms with Crippen molar-refractivity contribution >= 4 is 26.7 Å². The number of nitrogens with one attached hydrogen (secondary N) is 1. The van der Waals surface area contributed by atoms with Gasteiger partial charge in [-0.05, 0) is 54.4 Å². The van der Waals surface area contributed by atoms with Crippen molar-refractivity contribution in [2.45, 2.75) is 29.7 Å². The molecule has 0 aliphatic carbocycles. The minimum absolute atomic E-state index is 0.0163. The maximum Gasteiger partial charge on any atom is 0.287 e. The highest BCUT2D eigenvalue weighted by Crippen LogP contribution is 2.26. The lowest BCUT2D eigenvalue weighted by Gasteiger charge is -2.09. The second-order valence-electron chi connectivity index (χ2n) is 7.29. The normalized spacial score (nSPS) is 11.5. The Morgan fingerprint density at radius 2 is 1.85 bits per heavy atom. The van der Waals surface area contributed by atoms with E-state index in [2.05, 4.69) is 10.3 Å². The average Bonchev–Trinajstić information content (AvgIpc) is 3.26. The predicted molar refractivity (Wildman–Crippen MR) is 119 cm³/mol. The molecule has 0 radical (unpaired) electrons. The summed E-state index contributed by atoms with van der Waals surface area (Å²) in [6.07, 6.45) is 3.85. The number of fused-ring (bicyclic) bond motifs is 1. The van der Waals surface area contributed by atoms with Crippen LogP contribution in [0.5, 0.6) is 5.75 Å². The van der Waals surface area contributed by atoms with Gasteiger partial charge in [-0.2, -0.15) is 0 Å². The lowest BCUT2D eigenvalue weighted by molar-refractivity contribution is 0.0925. The Labute approximate surface area is 190 Å². The number of hydrogen-bond donors (Lipinski definition) is 1. The Kier molecular flexibility index (Phi) is 6.41. The lowest BCUT2D eigenvalue weighted by atomic mass is 10.2. The third-order valence-corrected chi connectivity index (χ3v) is 6.68. The van der Waals surface area contributed by atoms with Gasteiger partial charge in [0, 0.05) is 18.1 Å². The Morgan fingerprint density at radius 1 is 1.09 bits per heavy atom. The highest BCUT2D eigenvalue weighted by atomic mass is 32.2. The standard InChI is InChI=1S/C24H21FN2O5S/c1-2-11-31-21-8-7-19(13-20(21)25)33(29,30)18-5-3-16(4-6-18)14-27-24(28)22-12-17-9-10-26-15-23(17)32-22/h3-10,12-13,15H,2,11,14H2,1H3,(H,27,28). The number of benzene rings is 2. The van der Waals surface area contributed by atoms with Crippen molar-refractivity contribution in [3.63, 3.8) is 0 Å². The second-order valence-corrected chi connectivity index (χ2v) is 9.24. The molecule has 4 rings (SSSR count). The van der Waals surface area contributed by atoms with Gasteiger partial charge in [0.05, 0.1) is 22.6 Å². The summed E-state index contributed by atoms with van der Waals surface area (Å²) in [6.45, 7) is 2.41. The number of furan rings is 1. The molecule has 4 aromatic rings. The fraction of sp³-hybridized carbons (Fsp3) is 0.167. The van der Waals surface area contributed by atoms with E-state index in [1.165, 1.54) is 30.5 Å². The fourth-order valence-corrected chi connectivity index (χ4v) is 4.44. The summed E-state index contributed by atoms with van der Waals surface area (Å²) in [4.78, 5) is 16.2. The second kappa shape index (κ2) is 9.41. The van der Waals surface area contributed by atoms with E-state index in [9.17, 15) is 17.6 Å². The van der Waals surface area contributed by atoms with Crippen LogP contribution in [0.15, 0.2) is 81.2 Å². The molecule has 9 heteroatoms. The number of hydrogen-bond acceptors (Lipinski definition) is 6. The molecular weight excluding hydrogens is 447 g/mol. The maximum atomic E-state index is 14.2. The minimum atomic E-state index is -3.91. The van der Waals surface area contributed by atoms with E-state index in [4.69, 9.17) is 9.15 Å². The first kappa shape index (κ1) is 22.5. The molecule has 0 bridgehead atoms. The molecule has 33 heavy (non-hydrogen) atoms. The van der Waals surface area contributed by atoms with E-state index in [1.807, 2.05) is 6.92 Å². The Bertz CT molecular complexity index is 1370. The van der Waals surface area contributed by atoms with Gasteiger partial charge >= 0.3 is 0 Å². The monoisotopic (exact) mass is 468 g/mol. The first-order chi connectivity index (χ1) is 15.9. The number of carbonyl (C=O) groups excluding carboxylic acids is 1. The van der Waals surface area contributed by atoms with Gasteiger partial charge in [0.15, 0.2) is 22.9 Å². The third-order valence-electron chi connectivity index (χ3n) is 4.91. The predicted octanol–water partition coefficient (Wildman–Crippen LogP) is 4.52. The number of nitrogens with zero attached hydrogens (tertiary/aromatic N) is 1. The molecular formula is C24H21FN2O5S. The zero-order valence-electron chi connectivity index (χ0n) is 17.7. The van der Waals surface area contributed by atoms with Crippen LogP contribution < -0.4 is 10.1 Å². The van der Waals surface area contributed by atoms with Crippen molar-refractivity contribution in [2.24, 2.45) is 0 Å². The Hall–Kier alpha value is -3.72. The zero-order chi connectivity index (χ0) is 23.4. The molecule has 170 valence electrons. The van der Waals surface area contributed by atoms with E-state index in [-0.39, 0.29) is 27.8 Å². The quantitative estimate of drug-likeness (QED) is 0.408. The zero-order valence-corrected chi connectivity index (χ0v) is 18.6. The van der Waals surface area contributed by atoms with Gasteiger partial charge in [-0.1, -0.05) is 19.1 Å². The van der Waals surface area contributed by atoms with Crippen LogP contribution in [0.4, 0.5) is 4.39 Å². The number of pyridine rings is 1. The molecule has 0 aliphatic heterocycles. The largest absolute Gasteiger partial charge is 0.491 e. The van der Waals surface area contributed by atoms with E-state index in [1.54, 1.807) is 30.5 Å². The summed E-state index contributed by atoms with van der Waals surface area (Å²) in [6, 6.07) is 13.0. The molecule has 0 fully saturated rings. The number of carbonyl (C=O) groups is 1. The van der Waals surface area contributed by atoms with Crippen molar-refractivity contribution in [2.75, 3.05) is 6.61 Å². The molecule has 0 aliphatic rings. The lowest BCUT2D eigenvalue weighted by Crippen LogP contribution is -2.22. The maximum absolute atomic E-state index is 14.2. The highest BCUT2D eigenvalue weighted by Gasteiger charge is 2.20. The number of amides is 1. The molecule has 7 nitrogen and oxygen atoms in total. The summed E-state index contributed by atoms with van der Waals surface area (Å²) >= 11 is 0. The van der Waals surface area contributed by atoms with Crippen LogP contribution in [-0.2, 0) is 16.4 Å². The first-order valence-electron chi connectivity index (χ1n) is 10.3. The molecule has 2 aromatic heterocycles. The van der Waals surface area contributed by atoms with Crippen LogP contribution in [0.3, 0.4) is 0 Å². The summed E-state index contributed by atoms with van der Waals surface area (Å²) in [5.74, 6) is -0.956. The van der Waals surface area contributed by atoms with Crippen molar-refractivity contribution in [3.05, 3.63) is 84.1 Å². The topological polar surface area (TPSA) is 98.5 Å². The highest BCUT2D eigenvalue weighted by molar-refractivity contribution is 7.91. The van der Waals surface area contributed by atoms with Crippen molar-refractivity contribution in [3.8, 4) is 5.75 Å². The molecule has 1 amide bonds. The van der Waals surface area contributed by atoms with Crippen LogP contribution in [0.25, 0.3) is 11.0 Å². The summed E-state index contributed by atoms with van der Waals surface area (Å²) in [5.41, 5.74) is 1.20. The number of halogens is 1. The number of sulfone groups is 1. The molecule has 0 saturated carbocycles. The van der Waals surface area contributed by atoms with Gasteiger partial charge in [-0.3, -0.25) is 9.78 Å². The van der Waals surface area contributed by atoms with Crippen molar-refractivity contribution in [1.82, 2.24) is 10.3 Å². The van der Waals surface area contributed by atoms with Crippen LogP contribution in [0.1, 0.15) is 29.5 Å². The van der Waals surface area contributed by atoms with Crippen LogP contribution in [0.2, 0.25) is 0 Å². The third kappa shape index (κ3) is 4.88. The van der Waals surface area contributed by atoms with Crippen molar-refractivity contribution in [1.29, 1.82) is 0 Å². The van der Waals surface area contributed by atoms with Gasteiger partial charge < -0.3 is 14.5 Å². The summed E-state index contributed by atoms with van der Waals surface area (Å²) in [5, 5.41) is 3.50. The Balaban J connectivity index is 1.44.